The smallest absolute Gasteiger partial charge is 0.308 e. The van der Waals surface area contributed by atoms with Gasteiger partial charge in [0.05, 0.1) is 19.1 Å². The molecule has 30 heavy (non-hydrogen) atoms. The number of nitrogens with one attached hydrogen (secondary N) is 2. The summed E-state index contributed by atoms with van der Waals surface area (Å²) in [6.07, 6.45) is 1.58. The molecule has 1 saturated heterocycles. The highest BCUT2D eigenvalue weighted by atomic mass is 32.1. The molecule has 1 fully saturated rings. The van der Waals surface area contributed by atoms with Crippen molar-refractivity contribution in [2.24, 2.45) is 0 Å². The first-order valence-electron chi connectivity index (χ1n) is 10.1. The van der Waals surface area contributed by atoms with E-state index in [0.29, 0.717) is 31.0 Å². The van der Waals surface area contributed by atoms with E-state index in [1.54, 1.807) is 43.0 Å². The summed E-state index contributed by atoms with van der Waals surface area (Å²) in [6, 6.07) is 5.94. The maximum absolute atomic E-state index is 12.6. The molecule has 0 saturated carbocycles. The van der Waals surface area contributed by atoms with Gasteiger partial charge in [-0.3, -0.25) is 19.7 Å². The van der Waals surface area contributed by atoms with Crippen LogP contribution in [0.1, 0.15) is 50.4 Å². The maximum atomic E-state index is 12.6. The summed E-state index contributed by atoms with van der Waals surface area (Å²) in [5.74, 6) is -0.523. The Morgan fingerprint density at radius 2 is 2.00 bits per heavy atom. The number of thiocarbonyl (C=S) groups is 1. The van der Waals surface area contributed by atoms with Gasteiger partial charge in [0.2, 0.25) is 5.91 Å². The van der Waals surface area contributed by atoms with Crippen molar-refractivity contribution >= 4 is 35.1 Å². The van der Waals surface area contributed by atoms with Gasteiger partial charge in [0, 0.05) is 18.7 Å². The minimum atomic E-state index is -0.827. The lowest BCUT2D eigenvalue weighted by Gasteiger charge is -2.36. The average Bonchev–Trinajstić information content (AvgIpc) is 2.69. The van der Waals surface area contributed by atoms with Crippen molar-refractivity contribution in [2.45, 2.75) is 52.2 Å². The normalized spacial score (nSPS) is 16.1. The minimum absolute atomic E-state index is 0.0977. The molecule has 8 nitrogen and oxygen atoms in total. The van der Waals surface area contributed by atoms with Crippen molar-refractivity contribution in [3.05, 3.63) is 29.8 Å². The summed E-state index contributed by atoms with van der Waals surface area (Å²) < 4.78 is 10.7. The van der Waals surface area contributed by atoms with E-state index in [1.165, 1.54) is 0 Å². The Morgan fingerprint density at radius 3 is 2.63 bits per heavy atom. The molecule has 0 aromatic heterocycles. The first kappa shape index (κ1) is 23.6. The average molecular weight is 436 g/mol. The first-order chi connectivity index (χ1) is 14.3. The zero-order chi connectivity index (χ0) is 22.1. The van der Waals surface area contributed by atoms with Gasteiger partial charge in [0.25, 0.3) is 5.91 Å². The third-order valence-electron chi connectivity index (χ3n) is 4.42. The lowest BCUT2D eigenvalue weighted by Crippen LogP contribution is -2.60. The summed E-state index contributed by atoms with van der Waals surface area (Å²) in [5.41, 5.74) is 0.414. The second kappa shape index (κ2) is 11.5. The topological polar surface area (TPSA) is 97.0 Å². The number of amides is 2. The minimum Gasteiger partial charge on any atom is -0.494 e. The fourth-order valence-corrected chi connectivity index (χ4v) is 3.22. The summed E-state index contributed by atoms with van der Waals surface area (Å²) in [6.45, 7) is 6.94. The molecule has 1 atom stereocenters. The zero-order valence-electron chi connectivity index (χ0n) is 17.6. The molecule has 0 spiro atoms. The van der Waals surface area contributed by atoms with Crippen LogP contribution in [0.4, 0.5) is 0 Å². The molecule has 1 aromatic carbocycles. The maximum Gasteiger partial charge on any atom is 0.308 e. The van der Waals surface area contributed by atoms with E-state index >= 15 is 0 Å². The second-order valence-electron chi connectivity index (χ2n) is 7.23. The first-order valence-corrected chi connectivity index (χ1v) is 10.5. The number of unbranched alkanes of at least 4 members (excludes halogenated alkanes) is 1. The predicted octanol–water partition coefficient (Wildman–Crippen LogP) is 2.02. The van der Waals surface area contributed by atoms with Gasteiger partial charge >= 0.3 is 5.97 Å². The van der Waals surface area contributed by atoms with Crippen LogP contribution in [-0.2, 0) is 14.3 Å². The molecular formula is C21H29N3O5S. The van der Waals surface area contributed by atoms with Gasteiger partial charge in [0.15, 0.2) is 5.11 Å². The standard InChI is InChI=1S/C21H29N3O5S/c1-4-5-12-28-16-8-6-15(7-9-16)19(26)23-21(30)24-11-10-22-20(27)17(24)13-18(25)29-14(2)3/h6-9,14,17H,4-5,10-13H2,1-3H3,(H,22,27)(H,23,26,30). The summed E-state index contributed by atoms with van der Waals surface area (Å²) >= 11 is 5.35. The number of esters is 1. The fourth-order valence-electron chi connectivity index (χ4n) is 2.91. The molecule has 1 aliphatic rings. The molecule has 2 amide bonds. The molecule has 1 aromatic rings. The third kappa shape index (κ3) is 6.98. The molecule has 1 heterocycles. The van der Waals surface area contributed by atoms with Gasteiger partial charge in [0.1, 0.15) is 11.8 Å². The Labute approximate surface area is 182 Å². The van der Waals surface area contributed by atoms with Crippen molar-refractivity contribution in [1.82, 2.24) is 15.5 Å². The van der Waals surface area contributed by atoms with Crippen LogP contribution >= 0.6 is 12.2 Å². The Balaban J connectivity index is 1.98. The molecule has 0 bridgehead atoms. The number of carbonyl (C=O) groups excluding carboxylic acids is 3. The molecule has 0 aliphatic carbocycles. The predicted molar refractivity (Wildman–Crippen MR) is 116 cm³/mol. The Morgan fingerprint density at radius 1 is 1.30 bits per heavy atom. The lowest BCUT2D eigenvalue weighted by atomic mass is 10.1. The molecular weight excluding hydrogens is 406 g/mol. The zero-order valence-corrected chi connectivity index (χ0v) is 18.4. The molecule has 1 aliphatic heterocycles. The van der Waals surface area contributed by atoms with Gasteiger partial charge in [-0.25, -0.2) is 0 Å². The number of rotatable bonds is 8. The van der Waals surface area contributed by atoms with E-state index in [1.807, 2.05) is 0 Å². The van der Waals surface area contributed by atoms with Crippen LogP contribution in [0.2, 0.25) is 0 Å². The van der Waals surface area contributed by atoms with Gasteiger partial charge < -0.3 is 19.7 Å². The van der Waals surface area contributed by atoms with Gasteiger partial charge in [-0.15, -0.1) is 0 Å². The van der Waals surface area contributed by atoms with Crippen LogP contribution in [0, 0.1) is 0 Å². The van der Waals surface area contributed by atoms with Crippen molar-refractivity contribution in [2.75, 3.05) is 19.7 Å². The molecule has 9 heteroatoms. The number of piperazine rings is 1. The fraction of sp³-hybridized carbons (Fsp3) is 0.524. The molecule has 164 valence electrons. The number of hydrogen-bond acceptors (Lipinski definition) is 6. The van der Waals surface area contributed by atoms with Crippen LogP contribution in [0.25, 0.3) is 0 Å². The molecule has 0 radical (unpaired) electrons. The SMILES string of the molecule is CCCCOc1ccc(C(=O)NC(=S)N2CCNC(=O)C2CC(=O)OC(C)C)cc1. The number of nitrogens with zero attached hydrogens (tertiary/aromatic N) is 1. The van der Waals surface area contributed by atoms with Crippen molar-refractivity contribution in [3.8, 4) is 5.75 Å². The largest absolute Gasteiger partial charge is 0.494 e. The Bertz CT molecular complexity index is 766. The highest BCUT2D eigenvalue weighted by molar-refractivity contribution is 7.80. The van der Waals surface area contributed by atoms with E-state index in [4.69, 9.17) is 21.7 Å². The lowest BCUT2D eigenvalue weighted by molar-refractivity contribution is -0.150. The van der Waals surface area contributed by atoms with Crippen molar-refractivity contribution in [1.29, 1.82) is 0 Å². The summed E-state index contributed by atoms with van der Waals surface area (Å²) in [5, 5.41) is 5.46. The van der Waals surface area contributed by atoms with Gasteiger partial charge in [-0.05, 0) is 56.8 Å². The number of carbonyl (C=O) groups is 3. The summed E-state index contributed by atoms with van der Waals surface area (Å²) in [4.78, 5) is 38.4. The van der Waals surface area contributed by atoms with Gasteiger partial charge in [-0.1, -0.05) is 13.3 Å². The van der Waals surface area contributed by atoms with E-state index < -0.39 is 17.9 Å². The molecule has 2 N–H and O–H groups in total. The van der Waals surface area contributed by atoms with Gasteiger partial charge in [-0.2, -0.15) is 0 Å². The highest BCUT2D eigenvalue weighted by Crippen LogP contribution is 2.14. The van der Waals surface area contributed by atoms with E-state index in [-0.39, 0.29) is 23.5 Å². The molecule has 2 rings (SSSR count). The van der Waals surface area contributed by atoms with Crippen molar-refractivity contribution in [3.63, 3.8) is 0 Å². The summed E-state index contributed by atoms with van der Waals surface area (Å²) in [7, 11) is 0. The van der Waals surface area contributed by atoms with E-state index in [2.05, 4.69) is 17.6 Å². The van der Waals surface area contributed by atoms with Crippen LogP contribution in [0.3, 0.4) is 0 Å². The third-order valence-corrected chi connectivity index (χ3v) is 4.76. The van der Waals surface area contributed by atoms with E-state index in [0.717, 1.165) is 12.8 Å². The van der Waals surface area contributed by atoms with E-state index in [9.17, 15) is 14.4 Å². The Hall–Kier alpha value is -2.68. The number of hydrogen-bond donors (Lipinski definition) is 2. The molecule has 1 unspecified atom stereocenters. The van der Waals surface area contributed by atoms with Crippen LogP contribution < -0.4 is 15.4 Å². The number of benzene rings is 1. The monoisotopic (exact) mass is 435 g/mol. The highest BCUT2D eigenvalue weighted by Gasteiger charge is 2.34. The van der Waals surface area contributed by atoms with Crippen LogP contribution in [-0.4, -0.2) is 59.6 Å². The van der Waals surface area contributed by atoms with Crippen LogP contribution in [0.5, 0.6) is 5.75 Å². The second-order valence-corrected chi connectivity index (χ2v) is 7.62. The van der Waals surface area contributed by atoms with Crippen molar-refractivity contribution < 1.29 is 23.9 Å². The van der Waals surface area contributed by atoms with Crippen LogP contribution in [0.15, 0.2) is 24.3 Å². The Kier molecular flexibility index (Phi) is 9.04. The number of ether oxygens (including phenoxy) is 2. The quantitative estimate of drug-likeness (QED) is 0.366.